The van der Waals surface area contributed by atoms with Crippen molar-refractivity contribution in [1.82, 2.24) is 4.98 Å². The highest BCUT2D eigenvalue weighted by Crippen LogP contribution is 2.47. The van der Waals surface area contributed by atoms with Gasteiger partial charge in [0.05, 0.1) is 5.69 Å². The molecule has 0 unspecified atom stereocenters. The molecule has 12 rings (SSSR count). The Bertz CT molecular complexity index is 3460. The number of furan rings is 1. The highest BCUT2D eigenvalue weighted by molar-refractivity contribution is 6.26. The summed E-state index contributed by atoms with van der Waals surface area (Å²) in [6.07, 6.45) is 0. The van der Waals surface area contributed by atoms with Gasteiger partial charge in [-0.15, -0.1) is 0 Å². The molecule has 2 heterocycles. The van der Waals surface area contributed by atoms with Gasteiger partial charge in [0.25, 0.3) is 0 Å². The molecule has 0 fully saturated rings. The molecular weight excluding hydrogens is 697 g/mol. The average molecular weight is 729 g/mol. The Morgan fingerprint density at radius 1 is 0.333 bits per heavy atom. The van der Waals surface area contributed by atoms with Crippen molar-refractivity contribution >= 4 is 93.2 Å². The summed E-state index contributed by atoms with van der Waals surface area (Å²) in [7, 11) is 0. The van der Waals surface area contributed by atoms with Crippen LogP contribution in [0.5, 0.6) is 0 Å². The minimum atomic E-state index is 0.575. The molecule has 266 valence electrons. The van der Waals surface area contributed by atoms with Crippen LogP contribution in [0.25, 0.3) is 98.7 Å². The molecule has 0 spiro atoms. The van der Waals surface area contributed by atoms with Crippen LogP contribution in [0, 0.1) is 0 Å². The van der Waals surface area contributed by atoms with Crippen molar-refractivity contribution in [3.63, 3.8) is 0 Å². The lowest BCUT2D eigenvalue weighted by Crippen LogP contribution is -2.10. The molecule has 0 amide bonds. The molecule has 10 aromatic carbocycles. The normalized spacial score (nSPS) is 11.9. The van der Waals surface area contributed by atoms with Gasteiger partial charge in [-0.05, 0) is 104 Å². The van der Waals surface area contributed by atoms with Gasteiger partial charge in [-0.3, -0.25) is 0 Å². The quantitative estimate of drug-likeness (QED) is 0.166. The summed E-state index contributed by atoms with van der Waals surface area (Å²) in [5, 5.41) is 11.7. The van der Waals surface area contributed by atoms with Gasteiger partial charge < -0.3 is 13.7 Å². The van der Waals surface area contributed by atoms with Crippen molar-refractivity contribution in [2.75, 3.05) is 4.90 Å². The Kier molecular flexibility index (Phi) is 6.89. The third kappa shape index (κ3) is 4.98. The number of rotatable bonds is 5. The second kappa shape index (κ2) is 12.4. The molecule has 0 aliphatic rings. The molecule has 0 aliphatic carbocycles. The van der Waals surface area contributed by atoms with Crippen molar-refractivity contribution in [2.45, 2.75) is 0 Å². The number of hydrogen-bond acceptors (Lipinski definition) is 4. The number of oxazole rings is 1. The molecular formula is C53H32N2O2. The van der Waals surface area contributed by atoms with Crippen LogP contribution < -0.4 is 4.90 Å². The van der Waals surface area contributed by atoms with Crippen molar-refractivity contribution in [3.8, 4) is 22.6 Å². The Balaban J connectivity index is 1.11. The van der Waals surface area contributed by atoms with Gasteiger partial charge in [0.15, 0.2) is 5.58 Å². The van der Waals surface area contributed by atoms with Crippen molar-refractivity contribution in [1.29, 1.82) is 0 Å². The topological polar surface area (TPSA) is 42.4 Å². The summed E-state index contributed by atoms with van der Waals surface area (Å²) < 4.78 is 12.9. The molecule has 0 N–H and O–H groups in total. The summed E-state index contributed by atoms with van der Waals surface area (Å²) in [4.78, 5) is 7.17. The molecule has 2 aromatic heterocycles. The summed E-state index contributed by atoms with van der Waals surface area (Å²) in [5.74, 6) is 0.575. The minimum Gasteiger partial charge on any atom is -0.455 e. The van der Waals surface area contributed by atoms with Crippen LogP contribution in [-0.4, -0.2) is 4.98 Å². The Hall–Kier alpha value is -7.69. The summed E-state index contributed by atoms with van der Waals surface area (Å²) >= 11 is 0. The first-order valence-corrected chi connectivity index (χ1v) is 19.3. The number of anilines is 3. The molecule has 4 heteroatoms. The first-order valence-electron chi connectivity index (χ1n) is 19.3. The van der Waals surface area contributed by atoms with E-state index in [1.54, 1.807) is 0 Å². The van der Waals surface area contributed by atoms with E-state index in [0.717, 1.165) is 66.4 Å². The zero-order valence-corrected chi connectivity index (χ0v) is 30.7. The van der Waals surface area contributed by atoms with Gasteiger partial charge in [0.1, 0.15) is 16.7 Å². The van der Waals surface area contributed by atoms with Crippen LogP contribution in [0.2, 0.25) is 0 Å². The van der Waals surface area contributed by atoms with E-state index in [1.807, 2.05) is 30.3 Å². The maximum Gasteiger partial charge on any atom is 0.227 e. The number of hydrogen-bond donors (Lipinski definition) is 0. The minimum absolute atomic E-state index is 0.575. The molecule has 0 radical (unpaired) electrons. The van der Waals surface area contributed by atoms with Crippen LogP contribution in [0.3, 0.4) is 0 Å². The van der Waals surface area contributed by atoms with E-state index >= 15 is 0 Å². The molecule has 57 heavy (non-hydrogen) atoms. The fourth-order valence-electron chi connectivity index (χ4n) is 8.79. The van der Waals surface area contributed by atoms with Crippen LogP contribution in [0.15, 0.2) is 203 Å². The van der Waals surface area contributed by atoms with Crippen LogP contribution in [0.4, 0.5) is 17.1 Å². The van der Waals surface area contributed by atoms with Gasteiger partial charge in [-0.1, -0.05) is 133 Å². The van der Waals surface area contributed by atoms with Gasteiger partial charge in [0.2, 0.25) is 5.89 Å². The highest BCUT2D eigenvalue weighted by atomic mass is 16.3. The molecule has 0 bridgehead atoms. The average Bonchev–Trinajstić information content (AvgIpc) is 3.89. The highest BCUT2D eigenvalue weighted by Gasteiger charge is 2.22. The van der Waals surface area contributed by atoms with Gasteiger partial charge in [-0.25, -0.2) is 4.98 Å². The lowest BCUT2D eigenvalue weighted by Gasteiger charge is -2.28. The zero-order chi connectivity index (χ0) is 37.5. The number of fused-ring (bicyclic) bond motifs is 12. The van der Waals surface area contributed by atoms with E-state index in [1.165, 1.54) is 43.4 Å². The van der Waals surface area contributed by atoms with Gasteiger partial charge in [-0.2, -0.15) is 0 Å². The number of nitrogens with zero attached hydrogens (tertiary/aromatic N) is 2. The standard InChI is InChI=1S/C53H32N2O2/c1-2-12-33(13-3-1)34-22-25-36(26-23-34)55(37-27-29-42-40-16-5-4-14-38(40)39-15-6-7-17-41(39)46(42)31-37)49-32-47-44-28-24-35(53-54-48-20-10-11-21-50(48)57-53)30-51(44)56-52(47)45-19-9-8-18-43(45)49/h1-32H. The van der Waals surface area contributed by atoms with Crippen molar-refractivity contribution < 1.29 is 8.83 Å². The van der Waals surface area contributed by atoms with Crippen LogP contribution in [-0.2, 0) is 0 Å². The largest absolute Gasteiger partial charge is 0.455 e. The lowest BCUT2D eigenvalue weighted by atomic mass is 9.93. The van der Waals surface area contributed by atoms with Crippen molar-refractivity contribution in [2.24, 2.45) is 0 Å². The predicted octanol–water partition coefficient (Wildman–Crippen LogP) is 15.1. The molecule has 0 saturated carbocycles. The van der Waals surface area contributed by atoms with E-state index in [4.69, 9.17) is 13.8 Å². The number of benzene rings is 10. The van der Waals surface area contributed by atoms with Crippen molar-refractivity contribution in [3.05, 3.63) is 194 Å². The second-order valence-corrected chi connectivity index (χ2v) is 14.7. The summed E-state index contributed by atoms with van der Waals surface area (Å²) in [5.41, 5.74) is 9.68. The Labute approximate surface area is 327 Å². The smallest absolute Gasteiger partial charge is 0.227 e. The molecule has 0 aliphatic heterocycles. The van der Waals surface area contributed by atoms with E-state index in [0.29, 0.717) is 5.89 Å². The summed E-state index contributed by atoms with van der Waals surface area (Å²) in [6.45, 7) is 0. The predicted molar refractivity (Wildman–Crippen MR) is 237 cm³/mol. The van der Waals surface area contributed by atoms with Crippen LogP contribution in [0.1, 0.15) is 0 Å². The first kappa shape index (κ1) is 31.6. The fourth-order valence-corrected chi connectivity index (χ4v) is 8.79. The van der Waals surface area contributed by atoms with E-state index < -0.39 is 0 Å². The monoisotopic (exact) mass is 728 g/mol. The lowest BCUT2D eigenvalue weighted by molar-refractivity contribution is 0.619. The second-order valence-electron chi connectivity index (χ2n) is 14.7. The number of aromatic nitrogens is 1. The third-order valence-corrected chi connectivity index (χ3v) is 11.5. The maximum atomic E-state index is 6.77. The van der Waals surface area contributed by atoms with E-state index in [-0.39, 0.29) is 0 Å². The van der Waals surface area contributed by atoms with E-state index in [2.05, 4.69) is 169 Å². The first-order chi connectivity index (χ1) is 28.2. The van der Waals surface area contributed by atoms with Gasteiger partial charge >= 0.3 is 0 Å². The zero-order valence-electron chi connectivity index (χ0n) is 30.7. The Morgan fingerprint density at radius 3 is 1.63 bits per heavy atom. The SMILES string of the molecule is c1ccc(-c2ccc(N(c3ccc4c5ccccc5c5ccccc5c4c3)c3cc4c5ccc(-c6nc7ccccc7o6)cc5oc4c4ccccc34)cc2)cc1. The molecule has 0 saturated heterocycles. The maximum absolute atomic E-state index is 6.77. The fraction of sp³-hybridized carbons (Fsp3) is 0. The third-order valence-electron chi connectivity index (χ3n) is 11.5. The van der Waals surface area contributed by atoms with Gasteiger partial charge in [0, 0.05) is 38.5 Å². The molecule has 12 aromatic rings. The summed E-state index contributed by atoms with van der Waals surface area (Å²) in [6, 6.07) is 68.9. The Morgan fingerprint density at radius 2 is 0.895 bits per heavy atom. The molecule has 0 atom stereocenters. The van der Waals surface area contributed by atoms with E-state index in [9.17, 15) is 0 Å². The number of para-hydroxylation sites is 2. The van der Waals surface area contributed by atoms with Crippen LogP contribution >= 0.6 is 0 Å². The molecule has 4 nitrogen and oxygen atoms in total.